The van der Waals surface area contributed by atoms with E-state index in [2.05, 4.69) is 41.5 Å². The average Bonchev–Trinajstić information content (AvgIpc) is 2.29. The van der Waals surface area contributed by atoms with Gasteiger partial charge in [-0.15, -0.1) is 0 Å². The molecule has 1 saturated carbocycles. The molecule has 1 rings (SSSR count). The summed E-state index contributed by atoms with van der Waals surface area (Å²) in [7, 11) is 0. The summed E-state index contributed by atoms with van der Waals surface area (Å²) in [6.45, 7) is 21.9. The fourth-order valence-corrected chi connectivity index (χ4v) is 3.76. The maximum Gasteiger partial charge on any atom is 0.171 e. The highest BCUT2D eigenvalue weighted by molar-refractivity contribution is 6.01. The summed E-state index contributed by atoms with van der Waals surface area (Å²) in [5.74, 6) is 0.232. The summed E-state index contributed by atoms with van der Waals surface area (Å²) in [6.07, 6.45) is 0.878. The SMILES string of the molecule is CC(C)(C)CC1(C)C(=O)C(C)(OCCOC(C)(C)C)C1(C)C. The van der Waals surface area contributed by atoms with Gasteiger partial charge in [0.05, 0.1) is 18.8 Å². The Labute approximate surface area is 137 Å². The van der Waals surface area contributed by atoms with Crippen molar-refractivity contribution in [2.24, 2.45) is 16.2 Å². The molecule has 0 aromatic carbocycles. The van der Waals surface area contributed by atoms with Crippen LogP contribution in [0.1, 0.15) is 75.7 Å². The third kappa shape index (κ3) is 3.41. The van der Waals surface area contributed by atoms with Crippen LogP contribution in [0, 0.1) is 16.2 Å². The van der Waals surface area contributed by atoms with Crippen LogP contribution in [0.25, 0.3) is 0 Å². The molecular formula is C19H36O3. The molecule has 1 aliphatic rings. The van der Waals surface area contributed by atoms with Gasteiger partial charge in [0.25, 0.3) is 0 Å². The maximum absolute atomic E-state index is 12.9. The van der Waals surface area contributed by atoms with Crippen molar-refractivity contribution in [3.8, 4) is 0 Å². The summed E-state index contributed by atoms with van der Waals surface area (Å²) >= 11 is 0. The first-order valence-corrected chi connectivity index (χ1v) is 8.40. The highest BCUT2D eigenvalue weighted by Crippen LogP contribution is 2.64. The third-order valence-electron chi connectivity index (χ3n) is 5.40. The van der Waals surface area contributed by atoms with Crippen LogP contribution in [0.5, 0.6) is 0 Å². The zero-order valence-corrected chi connectivity index (χ0v) is 16.3. The molecule has 0 aromatic rings. The molecular weight excluding hydrogens is 276 g/mol. The van der Waals surface area contributed by atoms with Crippen molar-refractivity contribution < 1.29 is 14.3 Å². The van der Waals surface area contributed by atoms with E-state index >= 15 is 0 Å². The molecule has 22 heavy (non-hydrogen) atoms. The molecule has 0 bridgehead atoms. The van der Waals surface area contributed by atoms with Gasteiger partial charge in [0.15, 0.2) is 5.78 Å². The van der Waals surface area contributed by atoms with E-state index in [1.165, 1.54) is 0 Å². The van der Waals surface area contributed by atoms with Crippen molar-refractivity contribution in [3.05, 3.63) is 0 Å². The zero-order valence-electron chi connectivity index (χ0n) is 16.3. The Hall–Kier alpha value is -0.410. The highest BCUT2D eigenvalue weighted by Gasteiger charge is 2.72. The highest BCUT2D eigenvalue weighted by atomic mass is 16.5. The Balaban J connectivity index is 2.75. The van der Waals surface area contributed by atoms with Crippen LogP contribution < -0.4 is 0 Å². The van der Waals surface area contributed by atoms with Gasteiger partial charge in [-0.3, -0.25) is 4.79 Å². The smallest absolute Gasteiger partial charge is 0.171 e. The first kappa shape index (κ1) is 19.6. The van der Waals surface area contributed by atoms with Crippen molar-refractivity contribution >= 4 is 5.78 Å². The number of hydrogen-bond donors (Lipinski definition) is 0. The molecule has 2 unspecified atom stereocenters. The first-order valence-electron chi connectivity index (χ1n) is 8.40. The Morgan fingerprint density at radius 1 is 0.909 bits per heavy atom. The largest absolute Gasteiger partial charge is 0.373 e. The quantitative estimate of drug-likeness (QED) is 0.694. The summed E-state index contributed by atoms with van der Waals surface area (Å²) in [5.41, 5.74) is -1.28. The van der Waals surface area contributed by atoms with Gasteiger partial charge >= 0.3 is 0 Å². The van der Waals surface area contributed by atoms with Gasteiger partial charge in [0.1, 0.15) is 5.60 Å². The Bertz CT molecular complexity index is 425. The van der Waals surface area contributed by atoms with Crippen LogP contribution in [0.3, 0.4) is 0 Å². The minimum absolute atomic E-state index is 0.123. The number of ketones is 1. The predicted molar refractivity (Wildman–Crippen MR) is 91.0 cm³/mol. The molecule has 0 radical (unpaired) electrons. The molecule has 130 valence electrons. The van der Waals surface area contributed by atoms with E-state index in [9.17, 15) is 4.79 Å². The van der Waals surface area contributed by atoms with Crippen LogP contribution in [0.4, 0.5) is 0 Å². The zero-order chi connectivity index (χ0) is 17.6. The summed E-state index contributed by atoms with van der Waals surface area (Å²) in [5, 5.41) is 0. The van der Waals surface area contributed by atoms with Crippen molar-refractivity contribution in [1.82, 2.24) is 0 Å². The van der Waals surface area contributed by atoms with Gasteiger partial charge < -0.3 is 9.47 Å². The van der Waals surface area contributed by atoms with Gasteiger partial charge in [-0.1, -0.05) is 41.5 Å². The molecule has 0 N–H and O–H groups in total. The van der Waals surface area contributed by atoms with Gasteiger partial charge in [-0.05, 0) is 39.5 Å². The van der Waals surface area contributed by atoms with E-state index in [1.807, 2.05) is 27.7 Å². The lowest BCUT2D eigenvalue weighted by molar-refractivity contribution is -0.240. The number of rotatable bonds is 5. The Kier molecular flexibility index (Phi) is 4.99. The van der Waals surface area contributed by atoms with E-state index in [4.69, 9.17) is 9.47 Å². The van der Waals surface area contributed by atoms with Crippen molar-refractivity contribution in [3.63, 3.8) is 0 Å². The van der Waals surface area contributed by atoms with Gasteiger partial charge in [0, 0.05) is 10.8 Å². The van der Waals surface area contributed by atoms with Gasteiger partial charge in [-0.25, -0.2) is 0 Å². The molecule has 0 aromatic heterocycles. The Morgan fingerprint density at radius 2 is 1.41 bits per heavy atom. The van der Waals surface area contributed by atoms with Crippen LogP contribution in [-0.2, 0) is 14.3 Å². The third-order valence-corrected chi connectivity index (χ3v) is 5.40. The maximum atomic E-state index is 12.9. The first-order chi connectivity index (χ1) is 9.57. The van der Waals surface area contributed by atoms with Crippen LogP contribution in [-0.4, -0.2) is 30.2 Å². The fourth-order valence-electron chi connectivity index (χ4n) is 3.76. The predicted octanol–water partition coefficient (Wildman–Crippen LogP) is 4.63. The van der Waals surface area contributed by atoms with Crippen molar-refractivity contribution in [2.45, 2.75) is 86.9 Å². The summed E-state index contributed by atoms with van der Waals surface area (Å²) in [4.78, 5) is 12.9. The number of ether oxygens (including phenoxy) is 2. The average molecular weight is 312 g/mol. The molecule has 0 amide bonds. The molecule has 2 atom stereocenters. The van der Waals surface area contributed by atoms with Gasteiger partial charge in [0.2, 0.25) is 0 Å². The lowest BCUT2D eigenvalue weighted by Gasteiger charge is -2.65. The van der Waals surface area contributed by atoms with Gasteiger partial charge in [-0.2, -0.15) is 0 Å². The fraction of sp³-hybridized carbons (Fsp3) is 0.947. The molecule has 0 saturated heterocycles. The van der Waals surface area contributed by atoms with Crippen molar-refractivity contribution in [2.75, 3.05) is 13.2 Å². The minimum Gasteiger partial charge on any atom is -0.373 e. The monoisotopic (exact) mass is 312 g/mol. The second-order valence-corrected chi connectivity index (χ2v) is 9.87. The topological polar surface area (TPSA) is 35.5 Å². The lowest BCUT2D eigenvalue weighted by atomic mass is 9.40. The standard InChI is InChI=1S/C19H36O3/c1-15(2,3)13-18(9)14(20)19(10,17(18,7)8)22-12-11-21-16(4,5)6/h11-13H2,1-10H3. The van der Waals surface area contributed by atoms with E-state index in [1.54, 1.807) is 0 Å². The molecule has 0 aliphatic heterocycles. The molecule has 3 heteroatoms. The number of carbonyl (C=O) groups excluding carboxylic acids is 1. The number of Topliss-reactive ketones (excluding diaryl/α,β-unsaturated/α-hetero) is 1. The van der Waals surface area contributed by atoms with E-state index < -0.39 is 5.60 Å². The number of carbonyl (C=O) groups is 1. The molecule has 3 nitrogen and oxygen atoms in total. The second kappa shape index (κ2) is 5.59. The normalized spacial score (nSPS) is 32.0. The van der Waals surface area contributed by atoms with E-state index in [0.717, 1.165) is 6.42 Å². The number of hydrogen-bond acceptors (Lipinski definition) is 3. The molecule has 0 heterocycles. The van der Waals surface area contributed by atoms with E-state index in [0.29, 0.717) is 13.2 Å². The van der Waals surface area contributed by atoms with E-state index in [-0.39, 0.29) is 27.6 Å². The van der Waals surface area contributed by atoms with Crippen LogP contribution >= 0.6 is 0 Å². The molecule has 1 fully saturated rings. The molecule has 0 spiro atoms. The molecule has 1 aliphatic carbocycles. The second-order valence-electron chi connectivity index (χ2n) is 9.87. The van der Waals surface area contributed by atoms with Crippen LogP contribution in [0.2, 0.25) is 0 Å². The summed E-state index contributed by atoms with van der Waals surface area (Å²) < 4.78 is 11.7. The Morgan fingerprint density at radius 3 is 1.77 bits per heavy atom. The van der Waals surface area contributed by atoms with Crippen LogP contribution in [0.15, 0.2) is 0 Å². The summed E-state index contributed by atoms with van der Waals surface area (Å²) in [6, 6.07) is 0. The van der Waals surface area contributed by atoms with Crippen molar-refractivity contribution in [1.29, 1.82) is 0 Å². The lowest BCUT2D eigenvalue weighted by Crippen LogP contribution is -2.75. The minimum atomic E-state index is -0.714.